The van der Waals surface area contributed by atoms with Gasteiger partial charge in [0.15, 0.2) is 0 Å². The fraction of sp³-hybridized carbons (Fsp3) is 0.0500. The summed E-state index contributed by atoms with van der Waals surface area (Å²) in [7, 11) is -3.84. The van der Waals surface area contributed by atoms with Crippen LogP contribution in [-0.4, -0.2) is 14.5 Å². The number of aliphatic imine (C=N–C) groups is 1. The largest absolute Gasteiger partial charge is 0.457 e. The quantitative estimate of drug-likeness (QED) is 0.502. The Morgan fingerprint density at radius 1 is 0.926 bits per heavy atom. The Kier molecular flexibility index (Phi) is 5.35. The number of nitrogens with one attached hydrogen (secondary N) is 1. The minimum Gasteiger partial charge on any atom is -0.457 e. The Bertz CT molecular complexity index is 1090. The number of para-hydroxylation sites is 1. The van der Waals surface area contributed by atoms with E-state index in [2.05, 4.69) is 9.71 Å². The summed E-state index contributed by atoms with van der Waals surface area (Å²) >= 11 is 0. The molecule has 0 atom stereocenters. The Hall–Kier alpha value is -3.41. The van der Waals surface area contributed by atoms with Gasteiger partial charge in [-0.2, -0.15) is 4.99 Å². The molecule has 0 radical (unpaired) electrons. The number of benzene rings is 3. The van der Waals surface area contributed by atoms with Crippen molar-refractivity contribution >= 4 is 27.5 Å². The Balaban J connectivity index is 1.80. The van der Waals surface area contributed by atoms with Crippen molar-refractivity contribution in [2.45, 2.75) is 11.8 Å². The van der Waals surface area contributed by atoms with Gasteiger partial charge in [0.2, 0.25) is 6.08 Å². The van der Waals surface area contributed by atoms with Crippen molar-refractivity contribution in [3.05, 3.63) is 78.4 Å². The van der Waals surface area contributed by atoms with Crippen molar-refractivity contribution in [2.24, 2.45) is 4.99 Å². The van der Waals surface area contributed by atoms with Gasteiger partial charge < -0.3 is 4.74 Å². The standard InChI is InChI=1S/C20H16N2O4S/c1-15-7-8-17(21-14-23)13-20(15)27(24,25)22-16-9-11-19(12-10-16)26-18-5-3-2-4-6-18/h2-13,22H,1H3. The number of ether oxygens (including phenoxy) is 1. The second-order valence-corrected chi connectivity index (χ2v) is 7.35. The Labute approximate surface area is 157 Å². The summed E-state index contributed by atoms with van der Waals surface area (Å²) in [5.74, 6) is 1.27. The van der Waals surface area contributed by atoms with Crippen molar-refractivity contribution in [1.82, 2.24) is 0 Å². The molecule has 1 N–H and O–H groups in total. The van der Waals surface area contributed by atoms with Gasteiger partial charge in [-0.15, -0.1) is 0 Å². The van der Waals surface area contributed by atoms with Gasteiger partial charge in [0.05, 0.1) is 10.6 Å². The second-order valence-electron chi connectivity index (χ2n) is 5.70. The summed E-state index contributed by atoms with van der Waals surface area (Å²) in [4.78, 5) is 13.9. The maximum absolute atomic E-state index is 12.7. The molecule has 7 heteroatoms. The zero-order valence-electron chi connectivity index (χ0n) is 14.4. The lowest BCUT2D eigenvalue weighted by Crippen LogP contribution is -2.14. The third kappa shape index (κ3) is 4.61. The van der Waals surface area contributed by atoms with E-state index in [0.717, 1.165) is 0 Å². The van der Waals surface area contributed by atoms with Crippen LogP contribution in [0.3, 0.4) is 0 Å². The molecule has 6 nitrogen and oxygen atoms in total. The van der Waals surface area contributed by atoms with Gasteiger partial charge in [-0.1, -0.05) is 24.3 Å². The van der Waals surface area contributed by atoms with Crippen LogP contribution in [0.25, 0.3) is 0 Å². The summed E-state index contributed by atoms with van der Waals surface area (Å²) < 4.78 is 33.5. The number of anilines is 1. The highest BCUT2D eigenvalue weighted by Crippen LogP contribution is 2.26. The molecule has 0 aromatic heterocycles. The molecule has 0 aliphatic heterocycles. The molecule has 0 saturated heterocycles. The van der Waals surface area contributed by atoms with E-state index in [9.17, 15) is 13.2 Å². The van der Waals surface area contributed by atoms with Crippen LogP contribution >= 0.6 is 0 Å². The van der Waals surface area contributed by atoms with E-state index in [1.807, 2.05) is 30.3 Å². The topological polar surface area (TPSA) is 84.8 Å². The fourth-order valence-corrected chi connectivity index (χ4v) is 3.75. The summed E-state index contributed by atoms with van der Waals surface area (Å²) in [6.07, 6.45) is 1.40. The molecular formula is C20H16N2O4S. The van der Waals surface area contributed by atoms with E-state index in [1.54, 1.807) is 43.3 Å². The zero-order chi connectivity index (χ0) is 19.3. The molecular weight excluding hydrogens is 364 g/mol. The van der Waals surface area contributed by atoms with Crippen LogP contribution in [0.2, 0.25) is 0 Å². The van der Waals surface area contributed by atoms with Crippen LogP contribution < -0.4 is 9.46 Å². The van der Waals surface area contributed by atoms with E-state index in [-0.39, 0.29) is 10.6 Å². The molecule has 0 amide bonds. The molecule has 0 heterocycles. The summed E-state index contributed by atoms with van der Waals surface area (Å²) in [5, 5.41) is 0. The van der Waals surface area contributed by atoms with E-state index >= 15 is 0 Å². The average Bonchev–Trinajstić information content (AvgIpc) is 2.66. The highest BCUT2D eigenvalue weighted by Gasteiger charge is 2.17. The average molecular weight is 380 g/mol. The number of carbonyl (C=O) groups excluding carboxylic acids is 1. The third-order valence-electron chi connectivity index (χ3n) is 3.72. The Morgan fingerprint density at radius 2 is 1.59 bits per heavy atom. The van der Waals surface area contributed by atoms with Crippen LogP contribution in [0, 0.1) is 6.92 Å². The number of aryl methyl sites for hydroxylation is 1. The lowest BCUT2D eigenvalue weighted by Gasteiger charge is -2.11. The highest BCUT2D eigenvalue weighted by atomic mass is 32.2. The van der Waals surface area contributed by atoms with Gasteiger partial charge in [-0.05, 0) is 61.0 Å². The summed E-state index contributed by atoms with van der Waals surface area (Å²) in [6.45, 7) is 1.67. The maximum atomic E-state index is 12.7. The first kappa shape index (κ1) is 18.4. The van der Waals surface area contributed by atoms with E-state index in [4.69, 9.17) is 4.74 Å². The smallest absolute Gasteiger partial charge is 0.262 e. The van der Waals surface area contributed by atoms with Gasteiger partial charge in [-0.3, -0.25) is 4.72 Å². The predicted molar refractivity (Wildman–Crippen MR) is 103 cm³/mol. The molecule has 0 spiro atoms. The lowest BCUT2D eigenvalue weighted by atomic mass is 10.2. The van der Waals surface area contributed by atoms with Gasteiger partial charge in [-0.25, -0.2) is 13.2 Å². The van der Waals surface area contributed by atoms with Crippen LogP contribution in [0.4, 0.5) is 11.4 Å². The second kappa shape index (κ2) is 7.86. The van der Waals surface area contributed by atoms with Crippen LogP contribution in [0.15, 0.2) is 82.7 Å². The Morgan fingerprint density at radius 3 is 2.26 bits per heavy atom. The van der Waals surface area contributed by atoms with Gasteiger partial charge >= 0.3 is 0 Å². The summed E-state index contributed by atoms with van der Waals surface area (Å²) in [6, 6.07) is 20.3. The third-order valence-corrected chi connectivity index (χ3v) is 5.24. The van der Waals surface area contributed by atoms with Crippen molar-refractivity contribution in [3.8, 4) is 11.5 Å². The molecule has 3 aromatic rings. The molecule has 27 heavy (non-hydrogen) atoms. The monoisotopic (exact) mass is 380 g/mol. The first-order chi connectivity index (χ1) is 13.0. The minimum absolute atomic E-state index is 0.0450. The van der Waals surface area contributed by atoms with Gasteiger partial charge in [0.25, 0.3) is 10.0 Å². The SMILES string of the molecule is Cc1ccc(N=C=O)cc1S(=O)(=O)Nc1ccc(Oc2ccccc2)cc1. The number of isocyanates is 1. The maximum Gasteiger partial charge on any atom is 0.262 e. The molecule has 0 saturated carbocycles. The molecule has 3 rings (SSSR count). The first-order valence-corrected chi connectivity index (χ1v) is 9.50. The van der Waals surface area contributed by atoms with Crippen molar-refractivity contribution < 1.29 is 17.9 Å². The molecule has 136 valence electrons. The number of rotatable bonds is 6. The van der Waals surface area contributed by atoms with Crippen LogP contribution in [0.1, 0.15) is 5.56 Å². The first-order valence-electron chi connectivity index (χ1n) is 8.02. The molecule has 0 aliphatic carbocycles. The normalized spacial score (nSPS) is 10.7. The van der Waals surface area contributed by atoms with E-state index in [0.29, 0.717) is 22.7 Å². The summed E-state index contributed by atoms with van der Waals surface area (Å²) in [5.41, 5.74) is 1.15. The number of nitrogens with zero attached hydrogens (tertiary/aromatic N) is 1. The number of hydrogen-bond donors (Lipinski definition) is 1. The molecule has 0 fully saturated rings. The van der Waals surface area contributed by atoms with Crippen LogP contribution in [0.5, 0.6) is 11.5 Å². The molecule has 0 aliphatic rings. The zero-order valence-corrected chi connectivity index (χ0v) is 15.2. The highest BCUT2D eigenvalue weighted by molar-refractivity contribution is 7.92. The molecule has 3 aromatic carbocycles. The van der Waals surface area contributed by atoms with Crippen molar-refractivity contribution in [3.63, 3.8) is 0 Å². The van der Waals surface area contributed by atoms with Crippen molar-refractivity contribution in [1.29, 1.82) is 0 Å². The van der Waals surface area contributed by atoms with E-state index in [1.165, 1.54) is 12.1 Å². The number of sulfonamides is 1. The molecule has 0 unspecified atom stereocenters. The fourth-order valence-electron chi connectivity index (χ4n) is 2.43. The van der Waals surface area contributed by atoms with E-state index < -0.39 is 10.0 Å². The predicted octanol–water partition coefficient (Wildman–Crippen LogP) is 4.56. The molecule has 0 bridgehead atoms. The lowest BCUT2D eigenvalue weighted by molar-refractivity contribution is 0.483. The number of hydrogen-bond acceptors (Lipinski definition) is 5. The van der Waals surface area contributed by atoms with Gasteiger partial charge in [0.1, 0.15) is 11.5 Å². The minimum atomic E-state index is -3.84. The van der Waals surface area contributed by atoms with Gasteiger partial charge in [0, 0.05) is 5.69 Å². The van der Waals surface area contributed by atoms with Crippen LogP contribution in [-0.2, 0) is 14.8 Å². The van der Waals surface area contributed by atoms with Crippen molar-refractivity contribution in [2.75, 3.05) is 4.72 Å².